The quantitative estimate of drug-likeness (QED) is 0.389. The number of hydrogen-bond donors (Lipinski definition) is 2. The van der Waals surface area contributed by atoms with Gasteiger partial charge in [0.25, 0.3) is 5.56 Å². The molecule has 2 N–H and O–H groups in total. The van der Waals surface area contributed by atoms with Crippen LogP contribution in [0.4, 0.5) is 0 Å². The summed E-state index contributed by atoms with van der Waals surface area (Å²) >= 11 is 5.67. The van der Waals surface area contributed by atoms with E-state index in [1.165, 1.54) is 11.1 Å². The summed E-state index contributed by atoms with van der Waals surface area (Å²) < 4.78 is 16.5. The Morgan fingerprint density at radius 1 is 1.15 bits per heavy atom. The Morgan fingerprint density at radius 2 is 1.91 bits per heavy atom. The summed E-state index contributed by atoms with van der Waals surface area (Å²) in [5, 5.41) is 4.73. The van der Waals surface area contributed by atoms with E-state index in [1.807, 2.05) is 35.2 Å². The maximum atomic E-state index is 12.9. The highest BCUT2D eigenvalue weighted by molar-refractivity contribution is 7.80. The molecule has 1 aliphatic heterocycles. The average molecular weight is 468 g/mol. The number of thiocarbonyl (C=S) groups is 1. The van der Waals surface area contributed by atoms with Gasteiger partial charge in [0.1, 0.15) is 13.2 Å². The van der Waals surface area contributed by atoms with Gasteiger partial charge in [-0.15, -0.1) is 0 Å². The molecule has 0 atom stereocenters. The summed E-state index contributed by atoms with van der Waals surface area (Å²) in [6.45, 7) is 5.36. The van der Waals surface area contributed by atoms with Crippen molar-refractivity contribution in [3.05, 3.63) is 69.5 Å². The van der Waals surface area contributed by atoms with Gasteiger partial charge in [0.2, 0.25) is 0 Å². The standard InChI is InChI=1S/C25H29N3O4S/c1-17-5-3-4-6-18(17)7-9-28(25(33)26-8-10-30-2)16-20-13-19-14-22-23(32-12-11-31-22)15-21(19)27-24(20)29/h3-6,13-15H,7-12,16H2,1-2H3,(H,26,33)(H,27,29). The van der Waals surface area contributed by atoms with Gasteiger partial charge < -0.3 is 29.4 Å². The summed E-state index contributed by atoms with van der Waals surface area (Å²) in [4.78, 5) is 17.9. The third-order valence-corrected chi connectivity index (χ3v) is 6.13. The van der Waals surface area contributed by atoms with Gasteiger partial charge in [-0.3, -0.25) is 4.79 Å². The van der Waals surface area contributed by atoms with Gasteiger partial charge in [0.05, 0.1) is 18.7 Å². The van der Waals surface area contributed by atoms with Crippen LogP contribution in [-0.4, -0.2) is 55.0 Å². The number of H-pyrrole nitrogens is 1. The van der Waals surface area contributed by atoms with Crippen LogP contribution in [0.1, 0.15) is 16.7 Å². The maximum absolute atomic E-state index is 12.9. The van der Waals surface area contributed by atoms with E-state index in [4.69, 9.17) is 26.4 Å². The normalized spacial score (nSPS) is 12.5. The molecule has 0 bridgehead atoms. The van der Waals surface area contributed by atoms with Crippen LogP contribution < -0.4 is 20.3 Å². The van der Waals surface area contributed by atoms with Crippen molar-refractivity contribution in [2.45, 2.75) is 19.9 Å². The number of rotatable bonds is 8. The zero-order valence-electron chi connectivity index (χ0n) is 19.0. The summed E-state index contributed by atoms with van der Waals surface area (Å²) in [5.41, 5.74) is 3.73. The number of nitrogens with zero attached hydrogens (tertiary/aromatic N) is 1. The number of ether oxygens (including phenoxy) is 3. The maximum Gasteiger partial charge on any atom is 0.253 e. The van der Waals surface area contributed by atoms with E-state index in [1.54, 1.807) is 7.11 Å². The number of benzene rings is 2. The molecule has 0 spiro atoms. The molecule has 0 saturated heterocycles. The highest BCUT2D eigenvalue weighted by atomic mass is 32.1. The van der Waals surface area contributed by atoms with Gasteiger partial charge in [0.15, 0.2) is 16.6 Å². The van der Waals surface area contributed by atoms with Gasteiger partial charge in [0, 0.05) is 37.2 Å². The minimum atomic E-state index is -0.139. The van der Waals surface area contributed by atoms with E-state index >= 15 is 0 Å². The first-order valence-electron chi connectivity index (χ1n) is 11.1. The van der Waals surface area contributed by atoms with Crippen molar-refractivity contribution in [2.75, 3.05) is 40.0 Å². The molecule has 7 nitrogen and oxygen atoms in total. The second-order valence-electron chi connectivity index (χ2n) is 8.03. The molecule has 33 heavy (non-hydrogen) atoms. The summed E-state index contributed by atoms with van der Waals surface area (Å²) in [6, 6.07) is 14.0. The van der Waals surface area contributed by atoms with Crippen LogP contribution in [0.25, 0.3) is 10.9 Å². The van der Waals surface area contributed by atoms with Gasteiger partial charge in [-0.05, 0) is 48.8 Å². The number of aromatic nitrogens is 1. The lowest BCUT2D eigenvalue weighted by atomic mass is 10.1. The zero-order chi connectivity index (χ0) is 23.2. The molecule has 0 aliphatic carbocycles. The largest absolute Gasteiger partial charge is 0.486 e. The first kappa shape index (κ1) is 23.1. The SMILES string of the molecule is COCCNC(=S)N(CCc1ccccc1C)Cc1cc2cc3c(cc2[nH]c1=O)OCCO3. The summed E-state index contributed by atoms with van der Waals surface area (Å²) in [7, 11) is 1.66. The Balaban J connectivity index is 1.58. The molecule has 0 fully saturated rings. The topological polar surface area (TPSA) is 75.8 Å². The molecule has 2 heterocycles. The monoisotopic (exact) mass is 467 g/mol. The van der Waals surface area contributed by atoms with Crippen LogP contribution in [0.3, 0.4) is 0 Å². The summed E-state index contributed by atoms with van der Waals surface area (Å²) in [5.74, 6) is 1.35. The van der Waals surface area contributed by atoms with Crippen molar-refractivity contribution in [3.63, 3.8) is 0 Å². The molecule has 1 aromatic heterocycles. The molecule has 0 radical (unpaired) electrons. The number of methoxy groups -OCH3 is 1. The molecule has 0 unspecified atom stereocenters. The van der Waals surface area contributed by atoms with E-state index < -0.39 is 0 Å². The highest BCUT2D eigenvalue weighted by Gasteiger charge is 2.17. The summed E-state index contributed by atoms with van der Waals surface area (Å²) in [6.07, 6.45) is 0.822. The lowest BCUT2D eigenvalue weighted by Gasteiger charge is -2.26. The number of pyridine rings is 1. The fraction of sp³-hybridized carbons (Fsp3) is 0.360. The van der Waals surface area contributed by atoms with Crippen LogP contribution >= 0.6 is 12.2 Å². The van der Waals surface area contributed by atoms with Gasteiger partial charge >= 0.3 is 0 Å². The van der Waals surface area contributed by atoms with E-state index in [9.17, 15) is 4.79 Å². The molecule has 0 amide bonds. The molecular weight excluding hydrogens is 438 g/mol. The third-order valence-electron chi connectivity index (χ3n) is 5.73. The van der Waals surface area contributed by atoms with Crippen LogP contribution in [0.5, 0.6) is 11.5 Å². The molecule has 3 aromatic rings. The number of aromatic amines is 1. The van der Waals surface area contributed by atoms with Crippen molar-refractivity contribution in [1.82, 2.24) is 15.2 Å². The molecule has 8 heteroatoms. The Bertz CT molecular complexity index is 1190. The van der Waals surface area contributed by atoms with Crippen molar-refractivity contribution < 1.29 is 14.2 Å². The molecule has 1 aliphatic rings. The Labute approximate surface area is 198 Å². The second kappa shape index (κ2) is 10.7. The fourth-order valence-electron chi connectivity index (χ4n) is 3.88. The molecule has 4 rings (SSSR count). The van der Waals surface area contributed by atoms with E-state index in [0.717, 1.165) is 17.3 Å². The zero-order valence-corrected chi connectivity index (χ0v) is 19.8. The molecule has 174 valence electrons. The minimum Gasteiger partial charge on any atom is -0.486 e. The van der Waals surface area contributed by atoms with E-state index in [0.29, 0.717) is 61.6 Å². The Kier molecular flexibility index (Phi) is 7.47. The third kappa shape index (κ3) is 5.64. The van der Waals surface area contributed by atoms with Crippen LogP contribution in [0.2, 0.25) is 0 Å². The fourth-order valence-corrected chi connectivity index (χ4v) is 4.14. The lowest BCUT2D eigenvalue weighted by Crippen LogP contribution is -2.42. The van der Waals surface area contributed by atoms with Crippen molar-refractivity contribution >= 4 is 28.2 Å². The number of nitrogens with one attached hydrogen (secondary N) is 2. The van der Waals surface area contributed by atoms with Gasteiger partial charge in [-0.2, -0.15) is 0 Å². The predicted octanol–water partition coefficient (Wildman–Crippen LogP) is 3.17. The number of fused-ring (bicyclic) bond motifs is 2. The highest BCUT2D eigenvalue weighted by Crippen LogP contribution is 2.33. The first-order chi connectivity index (χ1) is 16.0. The predicted molar refractivity (Wildman–Crippen MR) is 133 cm³/mol. The van der Waals surface area contributed by atoms with Gasteiger partial charge in [-0.1, -0.05) is 24.3 Å². The lowest BCUT2D eigenvalue weighted by molar-refractivity contribution is 0.172. The molecule has 2 aromatic carbocycles. The van der Waals surface area contributed by atoms with Crippen molar-refractivity contribution in [1.29, 1.82) is 0 Å². The first-order valence-corrected chi connectivity index (χ1v) is 11.5. The molecular formula is C25H29N3O4S. The van der Waals surface area contributed by atoms with Crippen molar-refractivity contribution in [3.8, 4) is 11.5 Å². The van der Waals surface area contributed by atoms with Crippen LogP contribution in [0, 0.1) is 6.92 Å². The van der Waals surface area contributed by atoms with Crippen LogP contribution in [0.15, 0.2) is 47.3 Å². The van der Waals surface area contributed by atoms with E-state index in [2.05, 4.69) is 29.4 Å². The number of hydrogen-bond acceptors (Lipinski definition) is 5. The van der Waals surface area contributed by atoms with Crippen molar-refractivity contribution in [2.24, 2.45) is 0 Å². The van der Waals surface area contributed by atoms with E-state index in [-0.39, 0.29) is 5.56 Å². The Morgan fingerprint density at radius 3 is 2.67 bits per heavy atom. The average Bonchev–Trinajstić information content (AvgIpc) is 2.81. The second-order valence-corrected chi connectivity index (χ2v) is 8.42. The smallest absolute Gasteiger partial charge is 0.253 e. The van der Waals surface area contributed by atoms with Crippen LogP contribution in [-0.2, 0) is 17.7 Å². The number of aryl methyl sites for hydroxylation is 1. The Hall–Kier alpha value is -3.10. The van der Waals surface area contributed by atoms with Gasteiger partial charge in [-0.25, -0.2) is 0 Å². The molecule has 0 saturated carbocycles. The minimum absolute atomic E-state index is 0.139.